The lowest BCUT2D eigenvalue weighted by atomic mass is 9.98. The Kier molecular flexibility index (Phi) is 5.83. The van der Waals surface area contributed by atoms with Crippen LogP contribution in [0.2, 0.25) is 5.02 Å². The van der Waals surface area contributed by atoms with E-state index in [4.69, 9.17) is 16.7 Å². The third kappa shape index (κ3) is 5.75. The molecule has 1 amide bonds. The van der Waals surface area contributed by atoms with Gasteiger partial charge in [0.2, 0.25) is 5.91 Å². The zero-order chi connectivity index (χ0) is 14.4. The van der Waals surface area contributed by atoms with Crippen LogP contribution in [0.5, 0.6) is 0 Å². The van der Waals surface area contributed by atoms with E-state index in [1.165, 1.54) is 6.92 Å². The SMILES string of the molecule is CC(=O)NC(CCC(=O)O)Cc1ccc(Cl)cc1C. The molecule has 104 valence electrons. The molecule has 19 heavy (non-hydrogen) atoms. The number of hydrogen-bond donors (Lipinski definition) is 2. The number of aryl methyl sites for hydroxylation is 1. The Morgan fingerprint density at radius 2 is 2.11 bits per heavy atom. The molecule has 0 aromatic heterocycles. The number of benzene rings is 1. The number of aliphatic carboxylic acids is 1. The molecule has 1 rings (SSSR count). The first-order chi connectivity index (χ1) is 8.88. The quantitative estimate of drug-likeness (QED) is 0.843. The number of carbonyl (C=O) groups excluding carboxylic acids is 1. The number of amides is 1. The van der Waals surface area contributed by atoms with E-state index in [9.17, 15) is 9.59 Å². The van der Waals surface area contributed by atoms with Crippen LogP contribution in [0.4, 0.5) is 0 Å². The van der Waals surface area contributed by atoms with Crippen LogP contribution < -0.4 is 5.32 Å². The van der Waals surface area contributed by atoms with E-state index in [1.54, 1.807) is 6.07 Å². The molecule has 0 aliphatic heterocycles. The van der Waals surface area contributed by atoms with Gasteiger partial charge in [-0.3, -0.25) is 9.59 Å². The van der Waals surface area contributed by atoms with Gasteiger partial charge < -0.3 is 10.4 Å². The summed E-state index contributed by atoms with van der Waals surface area (Å²) < 4.78 is 0. The van der Waals surface area contributed by atoms with Gasteiger partial charge in [0, 0.05) is 24.4 Å². The predicted molar refractivity (Wildman–Crippen MR) is 74.4 cm³/mol. The van der Waals surface area contributed by atoms with Crippen molar-refractivity contribution in [1.82, 2.24) is 5.32 Å². The summed E-state index contributed by atoms with van der Waals surface area (Å²) in [5.41, 5.74) is 2.10. The molecule has 0 saturated heterocycles. The molecule has 0 fully saturated rings. The summed E-state index contributed by atoms with van der Waals surface area (Å²) in [6.07, 6.45) is 1.06. The number of hydrogen-bond acceptors (Lipinski definition) is 2. The maximum absolute atomic E-state index is 11.1. The molecule has 5 heteroatoms. The monoisotopic (exact) mass is 283 g/mol. The number of carbonyl (C=O) groups is 2. The molecule has 1 unspecified atom stereocenters. The summed E-state index contributed by atoms with van der Waals surface area (Å²) in [5, 5.41) is 12.2. The molecule has 0 spiro atoms. The second kappa shape index (κ2) is 7.14. The van der Waals surface area contributed by atoms with Crippen molar-refractivity contribution >= 4 is 23.5 Å². The van der Waals surface area contributed by atoms with Crippen molar-refractivity contribution in [2.75, 3.05) is 0 Å². The first kappa shape index (κ1) is 15.5. The second-order valence-electron chi connectivity index (χ2n) is 4.60. The highest BCUT2D eigenvalue weighted by Crippen LogP contribution is 2.17. The highest BCUT2D eigenvalue weighted by atomic mass is 35.5. The molecule has 0 aliphatic rings. The summed E-state index contributed by atoms with van der Waals surface area (Å²) in [6.45, 7) is 3.38. The minimum atomic E-state index is -0.858. The van der Waals surface area contributed by atoms with Gasteiger partial charge >= 0.3 is 5.97 Å². The summed E-state index contributed by atoms with van der Waals surface area (Å²) in [4.78, 5) is 21.8. The number of carboxylic acid groups (broad SMARTS) is 1. The number of nitrogens with one attached hydrogen (secondary N) is 1. The summed E-state index contributed by atoms with van der Waals surface area (Å²) in [6, 6.07) is 5.39. The fourth-order valence-corrected chi connectivity index (χ4v) is 2.19. The molecule has 1 atom stereocenters. The molecule has 0 aliphatic carbocycles. The normalized spacial score (nSPS) is 11.9. The molecule has 0 bridgehead atoms. The van der Waals surface area contributed by atoms with Gasteiger partial charge in [-0.15, -0.1) is 0 Å². The van der Waals surface area contributed by atoms with Crippen molar-refractivity contribution in [1.29, 1.82) is 0 Å². The second-order valence-corrected chi connectivity index (χ2v) is 5.04. The maximum atomic E-state index is 11.1. The highest BCUT2D eigenvalue weighted by Gasteiger charge is 2.14. The lowest BCUT2D eigenvalue weighted by Gasteiger charge is -2.18. The minimum absolute atomic E-state index is 0.0393. The highest BCUT2D eigenvalue weighted by molar-refractivity contribution is 6.30. The zero-order valence-corrected chi connectivity index (χ0v) is 11.8. The van der Waals surface area contributed by atoms with Gasteiger partial charge in [0.25, 0.3) is 0 Å². The first-order valence-electron chi connectivity index (χ1n) is 6.12. The molecule has 0 saturated carbocycles. The summed E-state index contributed by atoms with van der Waals surface area (Å²) in [7, 11) is 0. The van der Waals surface area contributed by atoms with E-state index >= 15 is 0 Å². The van der Waals surface area contributed by atoms with Crippen LogP contribution in [0, 0.1) is 6.92 Å². The lowest BCUT2D eigenvalue weighted by molar-refractivity contribution is -0.137. The van der Waals surface area contributed by atoms with E-state index in [0.717, 1.165) is 11.1 Å². The van der Waals surface area contributed by atoms with E-state index in [-0.39, 0.29) is 18.4 Å². The van der Waals surface area contributed by atoms with Crippen LogP contribution in [0.25, 0.3) is 0 Å². The van der Waals surface area contributed by atoms with Crippen molar-refractivity contribution in [3.8, 4) is 0 Å². The topological polar surface area (TPSA) is 66.4 Å². The fourth-order valence-electron chi connectivity index (χ4n) is 1.96. The average molecular weight is 284 g/mol. The Hall–Kier alpha value is -1.55. The molecule has 2 N–H and O–H groups in total. The molecule has 0 radical (unpaired) electrons. The molecular formula is C14H18ClNO3. The largest absolute Gasteiger partial charge is 0.481 e. The smallest absolute Gasteiger partial charge is 0.303 e. The van der Waals surface area contributed by atoms with Crippen LogP contribution >= 0.6 is 11.6 Å². The first-order valence-corrected chi connectivity index (χ1v) is 6.50. The molecular weight excluding hydrogens is 266 g/mol. The van der Waals surface area contributed by atoms with E-state index in [0.29, 0.717) is 17.9 Å². The summed E-state index contributed by atoms with van der Waals surface area (Å²) in [5.74, 6) is -1.01. The van der Waals surface area contributed by atoms with Gasteiger partial charge in [0.1, 0.15) is 0 Å². The van der Waals surface area contributed by atoms with Crippen LogP contribution in [0.15, 0.2) is 18.2 Å². The minimum Gasteiger partial charge on any atom is -0.481 e. The standard InChI is InChI=1S/C14H18ClNO3/c1-9-7-12(15)4-3-11(9)8-13(16-10(2)17)5-6-14(18)19/h3-4,7,13H,5-6,8H2,1-2H3,(H,16,17)(H,18,19). The number of carboxylic acids is 1. The van der Waals surface area contributed by atoms with Gasteiger partial charge in [-0.1, -0.05) is 17.7 Å². The average Bonchev–Trinajstić information content (AvgIpc) is 2.28. The Bertz CT molecular complexity index is 474. The Labute approximate surface area is 117 Å². The Balaban J connectivity index is 2.74. The summed E-state index contributed by atoms with van der Waals surface area (Å²) >= 11 is 5.89. The van der Waals surface area contributed by atoms with Gasteiger partial charge in [0.15, 0.2) is 0 Å². The van der Waals surface area contributed by atoms with Crippen molar-refractivity contribution in [3.63, 3.8) is 0 Å². The molecule has 1 aromatic carbocycles. The molecule has 1 aromatic rings. The lowest BCUT2D eigenvalue weighted by Crippen LogP contribution is -2.35. The number of rotatable bonds is 6. The molecule has 4 nitrogen and oxygen atoms in total. The third-order valence-corrected chi connectivity index (χ3v) is 3.12. The molecule has 0 heterocycles. The van der Waals surface area contributed by atoms with Crippen LogP contribution in [0.1, 0.15) is 30.9 Å². The van der Waals surface area contributed by atoms with Crippen molar-refractivity contribution < 1.29 is 14.7 Å². The van der Waals surface area contributed by atoms with E-state index < -0.39 is 5.97 Å². The van der Waals surface area contributed by atoms with Crippen LogP contribution in [0.3, 0.4) is 0 Å². The third-order valence-electron chi connectivity index (χ3n) is 2.89. The van der Waals surface area contributed by atoms with Crippen molar-refractivity contribution in [3.05, 3.63) is 34.3 Å². The number of halogens is 1. The van der Waals surface area contributed by atoms with E-state index in [1.807, 2.05) is 19.1 Å². The van der Waals surface area contributed by atoms with Crippen LogP contribution in [-0.2, 0) is 16.0 Å². The maximum Gasteiger partial charge on any atom is 0.303 e. The van der Waals surface area contributed by atoms with Crippen molar-refractivity contribution in [2.24, 2.45) is 0 Å². The van der Waals surface area contributed by atoms with Gasteiger partial charge in [-0.05, 0) is 43.0 Å². The fraction of sp³-hybridized carbons (Fsp3) is 0.429. The predicted octanol–water partition coefficient (Wildman–Crippen LogP) is 2.56. The van der Waals surface area contributed by atoms with E-state index in [2.05, 4.69) is 5.32 Å². The van der Waals surface area contributed by atoms with Gasteiger partial charge in [-0.25, -0.2) is 0 Å². The van der Waals surface area contributed by atoms with Crippen LogP contribution in [-0.4, -0.2) is 23.0 Å². The van der Waals surface area contributed by atoms with Gasteiger partial charge in [-0.2, -0.15) is 0 Å². The van der Waals surface area contributed by atoms with Crippen molar-refractivity contribution in [2.45, 2.75) is 39.2 Å². The Morgan fingerprint density at radius 1 is 1.42 bits per heavy atom. The zero-order valence-electron chi connectivity index (χ0n) is 11.1. The van der Waals surface area contributed by atoms with Gasteiger partial charge in [0.05, 0.1) is 0 Å². The Morgan fingerprint density at radius 3 is 2.63 bits per heavy atom.